The molecule has 6 heteroatoms. The van der Waals surface area contributed by atoms with Crippen molar-refractivity contribution in [1.29, 1.82) is 0 Å². The van der Waals surface area contributed by atoms with Gasteiger partial charge in [-0.25, -0.2) is 0 Å². The molecule has 0 aliphatic heterocycles. The van der Waals surface area contributed by atoms with E-state index in [1.165, 1.54) is 0 Å². The van der Waals surface area contributed by atoms with Gasteiger partial charge < -0.3 is 14.8 Å². The molecule has 1 N–H and O–H groups in total. The third-order valence-corrected chi connectivity index (χ3v) is 3.74. The molecule has 0 atom stereocenters. The van der Waals surface area contributed by atoms with E-state index in [0.717, 1.165) is 5.56 Å². The lowest BCUT2D eigenvalue weighted by Gasteiger charge is -2.08. The van der Waals surface area contributed by atoms with Gasteiger partial charge in [-0.1, -0.05) is 19.1 Å². The van der Waals surface area contributed by atoms with Crippen LogP contribution in [0.5, 0.6) is 5.75 Å². The highest BCUT2D eigenvalue weighted by molar-refractivity contribution is 5.98. The predicted molar refractivity (Wildman–Crippen MR) is 102 cm³/mol. The van der Waals surface area contributed by atoms with Gasteiger partial charge >= 0.3 is 5.97 Å². The van der Waals surface area contributed by atoms with Crippen molar-refractivity contribution in [2.24, 2.45) is 0 Å². The summed E-state index contributed by atoms with van der Waals surface area (Å²) in [6.45, 7) is 3.57. The average Bonchev–Trinajstić information content (AvgIpc) is 2.66. The summed E-state index contributed by atoms with van der Waals surface area (Å²) in [6, 6.07) is 14.0. The monoisotopic (exact) mass is 369 g/mol. The van der Waals surface area contributed by atoms with Gasteiger partial charge in [0, 0.05) is 17.7 Å². The minimum Gasteiger partial charge on any atom is -0.493 e. The van der Waals surface area contributed by atoms with E-state index in [1.807, 2.05) is 31.2 Å². The molecule has 0 saturated carbocycles. The molecule has 142 valence electrons. The molecular weight excluding hydrogens is 346 g/mol. The summed E-state index contributed by atoms with van der Waals surface area (Å²) in [5.74, 6) is -0.218. The second-order valence-electron chi connectivity index (χ2n) is 5.98. The van der Waals surface area contributed by atoms with Crippen molar-refractivity contribution >= 4 is 23.3 Å². The molecule has 1 amide bonds. The lowest BCUT2D eigenvalue weighted by molar-refractivity contribution is -0.143. The standard InChI is InChI=1S/C21H23NO5/c1-3-20(24)22-17-9-7-16(8-10-17)19(23)14-27-21(25)11-12-26-18-6-4-5-15(2)13-18/h4-10,13H,3,11-12,14H2,1-2H3,(H,22,24). The Labute approximate surface area is 158 Å². The maximum absolute atomic E-state index is 12.1. The van der Waals surface area contributed by atoms with Crippen LogP contribution in [0.3, 0.4) is 0 Å². The maximum atomic E-state index is 12.1. The number of hydrogen-bond donors (Lipinski definition) is 1. The lowest BCUT2D eigenvalue weighted by atomic mass is 10.1. The van der Waals surface area contributed by atoms with Crippen molar-refractivity contribution in [3.05, 3.63) is 59.7 Å². The Hall–Kier alpha value is -3.15. The summed E-state index contributed by atoms with van der Waals surface area (Å²) >= 11 is 0. The lowest BCUT2D eigenvalue weighted by Crippen LogP contribution is -2.16. The predicted octanol–water partition coefficient (Wildman–Crippen LogP) is 3.54. The molecule has 0 aromatic heterocycles. The summed E-state index contributed by atoms with van der Waals surface area (Å²) in [5, 5.41) is 2.70. The number of hydrogen-bond acceptors (Lipinski definition) is 5. The Bertz CT molecular complexity index is 798. The van der Waals surface area contributed by atoms with Crippen molar-refractivity contribution in [2.45, 2.75) is 26.7 Å². The molecule has 0 aliphatic rings. The molecule has 0 bridgehead atoms. The van der Waals surface area contributed by atoms with Crippen LogP contribution in [0, 0.1) is 6.92 Å². The number of anilines is 1. The van der Waals surface area contributed by atoms with E-state index in [4.69, 9.17) is 9.47 Å². The smallest absolute Gasteiger partial charge is 0.309 e. The van der Waals surface area contributed by atoms with Gasteiger partial charge in [-0.2, -0.15) is 0 Å². The fraction of sp³-hybridized carbons (Fsp3) is 0.286. The number of ether oxygens (including phenoxy) is 2. The van der Waals surface area contributed by atoms with Crippen molar-refractivity contribution in [2.75, 3.05) is 18.5 Å². The number of esters is 1. The van der Waals surface area contributed by atoms with Gasteiger partial charge in [-0.05, 0) is 48.9 Å². The second kappa shape index (κ2) is 10.1. The number of carbonyl (C=O) groups excluding carboxylic acids is 3. The number of amides is 1. The van der Waals surface area contributed by atoms with E-state index in [2.05, 4.69) is 5.32 Å². The minimum atomic E-state index is -0.497. The average molecular weight is 369 g/mol. The molecule has 2 rings (SSSR count). The zero-order chi connectivity index (χ0) is 19.6. The molecule has 0 aliphatic carbocycles. The van der Waals surface area contributed by atoms with E-state index in [-0.39, 0.29) is 31.3 Å². The SMILES string of the molecule is CCC(=O)Nc1ccc(C(=O)COC(=O)CCOc2cccc(C)c2)cc1. The molecule has 0 heterocycles. The van der Waals surface area contributed by atoms with Crippen LogP contribution in [0.2, 0.25) is 0 Å². The van der Waals surface area contributed by atoms with E-state index in [1.54, 1.807) is 31.2 Å². The maximum Gasteiger partial charge on any atom is 0.309 e. The van der Waals surface area contributed by atoms with Crippen molar-refractivity contribution in [1.82, 2.24) is 0 Å². The minimum absolute atomic E-state index is 0.0587. The van der Waals surface area contributed by atoms with E-state index >= 15 is 0 Å². The fourth-order valence-electron chi connectivity index (χ4n) is 2.25. The Morgan fingerprint density at radius 3 is 2.44 bits per heavy atom. The van der Waals surface area contributed by atoms with E-state index in [9.17, 15) is 14.4 Å². The van der Waals surface area contributed by atoms with E-state index in [0.29, 0.717) is 23.4 Å². The topological polar surface area (TPSA) is 81.7 Å². The Kier molecular flexibility index (Phi) is 7.55. The third kappa shape index (κ3) is 6.93. The van der Waals surface area contributed by atoms with Crippen LogP contribution in [0.4, 0.5) is 5.69 Å². The number of ketones is 1. The van der Waals surface area contributed by atoms with Crippen LogP contribution >= 0.6 is 0 Å². The largest absolute Gasteiger partial charge is 0.493 e. The van der Waals surface area contributed by atoms with Crippen LogP contribution in [0.1, 0.15) is 35.7 Å². The quantitative estimate of drug-likeness (QED) is 0.540. The number of carbonyl (C=O) groups is 3. The highest BCUT2D eigenvalue weighted by Gasteiger charge is 2.11. The van der Waals surface area contributed by atoms with Crippen LogP contribution in [-0.4, -0.2) is 30.9 Å². The summed E-state index contributed by atoms with van der Waals surface area (Å²) in [7, 11) is 0. The first-order valence-corrected chi connectivity index (χ1v) is 8.76. The molecule has 0 unspecified atom stereocenters. The van der Waals surface area contributed by atoms with Crippen LogP contribution in [0.15, 0.2) is 48.5 Å². The first kappa shape index (κ1) is 20.2. The van der Waals surface area contributed by atoms with Crippen molar-refractivity contribution in [3.8, 4) is 5.75 Å². The number of Topliss-reactive ketones (excluding diaryl/α,β-unsaturated/α-hetero) is 1. The Morgan fingerprint density at radius 2 is 1.78 bits per heavy atom. The molecule has 6 nitrogen and oxygen atoms in total. The summed E-state index contributed by atoms with van der Waals surface area (Å²) in [6.07, 6.45) is 0.438. The molecule has 2 aromatic carbocycles. The molecule has 0 fully saturated rings. The van der Waals surface area contributed by atoms with Crippen molar-refractivity contribution < 1.29 is 23.9 Å². The molecule has 0 radical (unpaired) electrons. The first-order chi connectivity index (χ1) is 13.0. The van der Waals surface area contributed by atoms with Crippen LogP contribution in [-0.2, 0) is 14.3 Å². The Morgan fingerprint density at radius 1 is 1.04 bits per heavy atom. The molecule has 0 saturated heterocycles. The number of benzene rings is 2. The van der Waals surface area contributed by atoms with Crippen LogP contribution < -0.4 is 10.1 Å². The van der Waals surface area contributed by atoms with Gasteiger partial charge in [0.25, 0.3) is 0 Å². The fourth-order valence-corrected chi connectivity index (χ4v) is 2.25. The zero-order valence-corrected chi connectivity index (χ0v) is 15.5. The van der Waals surface area contributed by atoms with Crippen molar-refractivity contribution in [3.63, 3.8) is 0 Å². The summed E-state index contributed by atoms with van der Waals surface area (Å²) in [5.41, 5.74) is 2.10. The normalized spacial score (nSPS) is 10.1. The van der Waals surface area contributed by atoms with Gasteiger partial charge in [-0.15, -0.1) is 0 Å². The molecule has 0 spiro atoms. The zero-order valence-electron chi connectivity index (χ0n) is 15.5. The van der Waals surface area contributed by atoms with Gasteiger partial charge in [0.2, 0.25) is 5.91 Å². The highest BCUT2D eigenvalue weighted by Crippen LogP contribution is 2.13. The van der Waals surface area contributed by atoms with Crippen LogP contribution in [0.25, 0.3) is 0 Å². The summed E-state index contributed by atoms with van der Waals surface area (Å²) in [4.78, 5) is 35.1. The number of nitrogens with one attached hydrogen (secondary N) is 1. The van der Waals surface area contributed by atoms with E-state index < -0.39 is 5.97 Å². The second-order valence-corrected chi connectivity index (χ2v) is 5.98. The van der Waals surface area contributed by atoms with Gasteiger partial charge in [0.1, 0.15) is 5.75 Å². The van der Waals surface area contributed by atoms with Gasteiger partial charge in [-0.3, -0.25) is 14.4 Å². The number of rotatable bonds is 9. The number of aryl methyl sites for hydroxylation is 1. The van der Waals surface area contributed by atoms with Gasteiger partial charge in [0.15, 0.2) is 12.4 Å². The first-order valence-electron chi connectivity index (χ1n) is 8.76. The summed E-state index contributed by atoms with van der Waals surface area (Å²) < 4.78 is 10.5. The third-order valence-electron chi connectivity index (χ3n) is 3.74. The Balaban J connectivity index is 1.72. The molecule has 2 aromatic rings. The molecule has 27 heavy (non-hydrogen) atoms. The van der Waals surface area contributed by atoms with Gasteiger partial charge in [0.05, 0.1) is 13.0 Å². The highest BCUT2D eigenvalue weighted by atomic mass is 16.5. The molecular formula is C21H23NO5.